The first-order chi connectivity index (χ1) is 15.1. The first-order valence-electron chi connectivity index (χ1n) is 10.5. The van der Waals surface area contributed by atoms with Crippen LogP contribution in [0, 0.1) is 6.42 Å². The number of aryl methyl sites for hydroxylation is 1. The van der Waals surface area contributed by atoms with Crippen molar-refractivity contribution in [3.8, 4) is 0 Å². The van der Waals surface area contributed by atoms with E-state index in [0.717, 1.165) is 40.6 Å². The van der Waals surface area contributed by atoms with Crippen LogP contribution in [0.15, 0.2) is 85.4 Å². The fraction of sp³-hybridized carbons (Fsp3) is 0.103. The van der Waals surface area contributed by atoms with Crippen molar-refractivity contribution in [1.82, 2.24) is 4.98 Å². The summed E-state index contributed by atoms with van der Waals surface area (Å²) in [6.45, 7) is 6.17. The predicted molar refractivity (Wildman–Crippen MR) is 135 cm³/mol. The van der Waals surface area contributed by atoms with Gasteiger partial charge in [-0.3, -0.25) is 0 Å². The summed E-state index contributed by atoms with van der Waals surface area (Å²) in [5.41, 5.74) is 7.94. The molecule has 0 aliphatic rings. The molecule has 1 aromatic heterocycles. The molecule has 0 aliphatic carbocycles. The number of pyridine rings is 1. The fourth-order valence-corrected chi connectivity index (χ4v) is 3.89. The van der Waals surface area contributed by atoms with Gasteiger partial charge < -0.3 is 0 Å². The van der Waals surface area contributed by atoms with E-state index in [1.165, 1.54) is 16.7 Å². The fourth-order valence-electron chi connectivity index (χ4n) is 3.72. The van der Waals surface area contributed by atoms with E-state index in [-0.39, 0.29) is 0 Å². The van der Waals surface area contributed by atoms with Gasteiger partial charge in [0.25, 0.3) is 0 Å². The molecule has 4 aromatic rings. The third-order valence-corrected chi connectivity index (χ3v) is 5.54. The zero-order valence-electron chi connectivity index (χ0n) is 17.7. The van der Waals surface area contributed by atoms with E-state index in [1.54, 1.807) is 0 Å². The third kappa shape index (κ3) is 5.51. The highest BCUT2D eigenvalue weighted by Crippen LogP contribution is 2.21. The Balaban J connectivity index is 1.42. The topological polar surface area (TPSA) is 12.9 Å². The molecule has 0 N–H and O–H groups in total. The molecule has 1 radical (unpaired) electrons. The number of allylic oxidation sites excluding steroid dienone is 1. The van der Waals surface area contributed by atoms with Crippen molar-refractivity contribution in [2.24, 2.45) is 0 Å². The molecular weight excluding hydrogens is 398 g/mol. The van der Waals surface area contributed by atoms with Crippen molar-refractivity contribution in [2.75, 3.05) is 0 Å². The standard InChI is InChI=1S/C29H25ClN/c1-21(2)28-12-4-3-10-24(28)11-6-9-22-7-5-8-23(19-22)13-17-27-18-15-25-14-16-26(30)20-29(25)31-27/h3-5,7-10,12-20H,1,6,11H2,2H3/b17-13+. The summed E-state index contributed by atoms with van der Waals surface area (Å²) in [5, 5.41) is 1.79. The normalized spacial score (nSPS) is 11.3. The molecule has 3 aromatic carbocycles. The highest BCUT2D eigenvalue weighted by molar-refractivity contribution is 6.31. The molecule has 0 fully saturated rings. The highest BCUT2D eigenvalue weighted by atomic mass is 35.5. The molecule has 0 saturated carbocycles. The maximum absolute atomic E-state index is 6.10. The van der Waals surface area contributed by atoms with Crippen LogP contribution < -0.4 is 0 Å². The van der Waals surface area contributed by atoms with Gasteiger partial charge in [0, 0.05) is 10.4 Å². The van der Waals surface area contributed by atoms with Crippen molar-refractivity contribution >= 4 is 40.2 Å². The van der Waals surface area contributed by atoms with Gasteiger partial charge in [-0.2, -0.15) is 0 Å². The van der Waals surface area contributed by atoms with Crippen LogP contribution in [-0.2, 0) is 6.42 Å². The van der Waals surface area contributed by atoms with Gasteiger partial charge in [-0.15, -0.1) is 0 Å². The van der Waals surface area contributed by atoms with Gasteiger partial charge in [-0.1, -0.05) is 90.5 Å². The Morgan fingerprint density at radius 1 is 0.903 bits per heavy atom. The first-order valence-corrected chi connectivity index (χ1v) is 10.9. The van der Waals surface area contributed by atoms with Crippen LogP contribution in [-0.4, -0.2) is 4.98 Å². The van der Waals surface area contributed by atoms with Crippen molar-refractivity contribution in [2.45, 2.75) is 19.8 Å². The Morgan fingerprint density at radius 2 is 1.71 bits per heavy atom. The lowest BCUT2D eigenvalue weighted by atomic mass is 9.96. The molecule has 1 heterocycles. The maximum Gasteiger partial charge on any atom is 0.0724 e. The number of aromatic nitrogens is 1. The number of rotatable bonds is 7. The largest absolute Gasteiger partial charge is 0.248 e. The average molecular weight is 423 g/mol. The minimum atomic E-state index is 0.704. The lowest BCUT2D eigenvalue weighted by molar-refractivity contribution is 0.947. The number of fused-ring (bicyclic) bond motifs is 1. The SMILES string of the molecule is C=C(C)c1ccccc1CC[CH]c1cccc(/C=C/c2ccc3ccc(Cl)cc3n2)c1. The molecule has 0 aliphatic heterocycles. The minimum Gasteiger partial charge on any atom is -0.248 e. The van der Waals surface area contributed by atoms with Crippen LogP contribution in [0.3, 0.4) is 0 Å². The summed E-state index contributed by atoms with van der Waals surface area (Å²) >= 11 is 6.10. The van der Waals surface area contributed by atoms with Gasteiger partial charge in [0.15, 0.2) is 0 Å². The summed E-state index contributed by atoms with van der Waals surface area (Å²) < 4.78 is 0. The zero-order chi connectivity index (χ0) is 21.6. The molecule has 0 amide bonds. The molecule has 0 bridgehead atoms. The number of hydrogen-bond acceptors (Lipinski definition) is 1. The minimum absolute atomic E-state index is 0.704. The lowest BCUT2D eigenvalue weighted by Gasteiger charge is -2.09. The maximum atomic E-state index is 6.10. The van der Waals surface area contributed by atoms with E-state index in [0.29, 0.717) is 5.02 Å². The highest BCUT2D eigenvalue weighted by Gasteiger charge is 2.03. The summed E-state index contributed by atoms with van der Waals surface area (Å²) in [7, 11) is 0. The van der Waals surface area contributed by atoms with Crippen LogP contribution in [0.1, 0.15) is 41.3 Å². The molecule has 153 valence electrons. The Hall–Kier alpha value is -3.16. The molecule has 0 unspecified atom stereocenters. The van der Waals surface area contributed by atoms with Crippen molar-refractivity contribution in [3.05, 3.63) is 125 Å². The van der Waals surface area contributed by atoms with E-state index in [9.17, 15) is 0 Å². The number of nitrogens with zero attached hydrogens (tertiary/aromatic N) is 1. The molecule has 4 rings (SSSR count). The average Bonchev–Trinajstić information content (AvgIpc) is 2.78. The number of halogens is 1. The van der Waals surface area contributed by atoms with Crippen LogP contribution in [0.5, 0.6) is 0 Å². The summed E-state index contributed by atoms with van der Waals surface area (Å²) in [4.78, 5) is 4.69. The quantitative estimate of drug-likeness (QED) is 0.292. The molecule has 1 nitrogen and oxygen atoms in total. The molecule has 0 atom stereocenters. The van der Waals surface area contributed by atoms with Crippen molar-refractivity contribution in [3.63, 3.8) is 0 Å². The Bertz CT molecular complexity index is 1250. The Labute approximate surface area is 189 Å². The molecule has 0 saturated heterocycles. The summed E-state index contributed by atoms with van der Waals surface area (Å²) in [5.74, 6) is 0. The number of benzene rings is 3. The van der Waals surface area contributed by atoms with Crippen LogP contribution >= 0.6 is 11.6 Å². The van der Waals surface area contributed by atoms with E-state index in [2.05, 4.69) is 80.6 Å². The zero-order valence-corrected chi connectivity index (χ0v) is 18.4. The first kappa shape index (κ1) is 21.1. The smallest absolute Gasteiger partial charge is 0.0724 e. The van der Waals surface area contributed by atoms with Crippen molar-refractivity contribution < 1.29 is 0 Å². The van der Waals surface area contributed by atoms with Crippen molar-refractivity contribution in [1.29, 1.82) is 0 Å². The van der Waals surface area contributed by atoms with Gasteiger partial charge >= 0.3 is 0 Å². The van der Waals surface area contributed by atoms with Crippen LogP contribution in [0.4, 0.5) is 0 Å². The number of hydrogen-bond donors (Lipinski definition) is 0. The second-order valence-corrected chi connectivity index (χ2v) is 8.19. The lowest BCUT2D eigenvalue weighted by Crippen LogP contribution is -1.93. The summed E-state index contributed by atoms with van der Waals surface area (Å²) in [6.07, 6.45) is 8.44. The van der Waals surface area contributed by atoms with Gasteiger partial charge in [0.2, 0.25) is 0 Å². The summed E-state index contributed by atoms with van der Waals surface area (Å²) in [6, 6.07) is 27.0. The van der Waals surface area contributed by atoms with Gasteiger partial charge in [-0.25, -0.2) is 4.98 Å². The molecule has 0 spiro atoms. The molecule has 31 heavy (non-hydrogen) atoms. The molecule has 2 heteroatoms. The second-order valence-electron chi connectivity index (χ2n) is 7.76. The van der Waals surface area contributed by atoms with Gasteiger partial charge in [0.1, 0.15) is 0 Å². The second kappa shape index (κ2) is 9.76. The van der Waals surface area contributed by atoms with E-state index in [1.807, 2.05) is 30.3 Å². The van der Waals surface area contributed by atoms with E-state index >= 15 is 0 Å². The van der Waals surface area contributed by atoms with Crippen LogP contribution in [0.2, 0.25) is 5.02 Å². The van der Waals surface area contributed by atoms with E-state index < -0.39 is 0 Å². The molecular formula is C29H25ClN. The third-order valence-electron chi connectivity index (χ3n) is 5.30. The Morgan fingerprint density at radius 3 is 2.58 bits per heavy atom. The monoisotopic (exact) mass is 422 g/mol. The van der Waals surface area contributed by atoms with Gasteiger partial charge in [-0.05, 0) is 72.7 Å². The Kier molecular flexibility index (Phi) is 6.64. The van der Waals surface area contributed by atoms with Crippen LogP contribution in [0.25, 0.3) is 28.6 Å². The predicted octanol–water partition coefficient (Wildman–Crippen LogP) is 8.28. The van der Waals surface area contributed by atoms with Gasteiger partial charge in [0.05, 0.1) is 11.2 Å². The van der Waals surface area contributed by atoms with E-state index in [4.69, 9.17) is 16.6 Å².